The van der Waals surface area contributed by atoms with Crippen LogP contribution in [0.25, 0.3) is 0 Å². The van der Waals surface area contributed by atoms with Gasteiger partial charge in [-0.2, -0.15) is 5.10 Å². The number of amides is 1. The molecule has 88 valence electrons. The van der Waals surface area contributed by atoms with Gasteiger partial charge >= 0.3 is 0 Å². The third kappa shape index (κ3) is 2.56. The highest BCUT2D eigenvalue weighted by molar-refractivity contribution is 5.81. The molecule has 2 N–H and O–H groups in total. The first-order chi connectivity index (χ1) is 7.77. The summed E-state index contributed by atoms with van der Waals surface area (Å²) in [6.07, 6.45) is 0.872. The molecule has 0 radical (unpaired) electrons. The molecule has 7 heteroatoms. The minimum Gasteiger partial charge on any atom is -0.376 e. The van der Waals surface area contributed by atoms with Crippen molar-refractivity contribution in [1.82, 2.24) is 20.5 Å². The molecule has 16 heavy (non-hydrogen) atoms. The fourth-order valence-corrected chi connectivity index (χ4v) is 1.44. The van der Waals surface area contributed by atoms with E-state index in [1.807, 2.05) is 6.92 Å². The maximum absolute atomic E-state index is 11.7. The third-order valence-corrected chi connectivity index (χ3v) is 2.31. The SMILES string of the molecule is CC(NC(=O)C1COCCO1)c1ncn[nH]1. The van der Waals surface area contributed by atoms with Crippen LogP contribution in [-0.4, -0.2) is 47.0 Å². The predicted octanol–water partition coefficient (Wildman–Crippen LogP) is -0.603. The van der Waals surface area contributed by atoms with Crippen LogP contribution in [0.2, 0.25) is 0 Å². The third-order valence-electron chi connectivity index (χ3n) is 2.31. The average Bonchev–Trinajstić information content (AvgIpc) is 2.83. The lowest BCUT2D eigenvalue weighted by Crippen LogP contribution is -2.43. The number of hydrogen-bond acceptors (Lipinski definition) is 5. The number of hydrogen-bond donors (Lipinski definition) is 2. The summed E-state index contributed by atoms with van der Waals surface area (Å²) in [5.74, 6) is 0.425. The Morgan fingerprint density at radius 1 is 1.69 bits per heavy atom. The Morgan fingerprint density at radius 2 is 2.56 bits per heavy atom. The van der Waals surface area contributed by atoms with E-state index in [1.165, 1.54) is 6.33 Å². The topological polar surface area (TPSA) is 89.1 Å². The van der Waals surface area contributed by atoms with Gasteiger partial charge in [0.2, 0.25) is 0 Å². The van der Waals surface area contributed by atoms with Gasteiger partial charge in [-0.15, -0.1) is 0 Å². The standard InChI is InChI=1S/C9H14N4O3/c1-6(8-10-5-11-13-8)12-9(14)7-4-15-2-3-16-7/h5-7H,2-4H2,1H3,(H,12,14)(H,10,11,13). The lowest BCUT2D eigenvalue weighted by atomic mass is 10.2. The minimum atomic E-state index is -0.529. The molecule has 2 rings (SSSR count). The molecule has 1 aromatic heterocycles. The lowest BCUT2D eigenvalue weighted by molar-refractivity contribution is -0.148. The summed E-state index contributed by atoms with van der Waals surface area (Å²) >= 11 is 0. The molecule has 1 aromatic rings. The fraction of sp³-hybridized carbons (Fsp3) is 0.667. The maximum Gasteiger partial charge on any atom is 0.252 e. The number of carbonyl (C=O) groups is 1. The molecule has 2 atom stereocenters. The van der Waals surface area contributed by atoms with E-state index in [-0.39, 0.29) is 11.9 Å². The molecule has 1 saturated heterocycles. The highest BCUT2D eigenvalue weighted by Crippen LogP contribution is 2.07. The normalized spacial score (nSPS) is 22.7. The second-order valence-corrected chi connectivity index (χ2v) is 3.54. The van der Waals surface area contributed by atoms with Crippen LogP contribution in [0.1, 0.15) is 18.8 Å². The molecular weight excluding hydrogens is 212 g/mol. The average molecular weight is 226 g/mol. The summed E-state index contributed by atoms with van der Waals surface area (Å²) in [7, 11) is 0. The summed E-state index contributed by atoms with van der Waals surface area (Å²) in [5.41, 5.74) is 0. The summed E-state index contributed by atoms with van der Waals surface area (Å²) in [5, 5.41) is 9.19. The number of carbonyl (C=O) groups excluding carboxylic acids is 1. The van der Waals surface area contributed by atoms with Crippen LogP contribution in [0, 0.1) is 0 Å². The Labute approximate surface area is 92.5 Å². The van der Waals surface area contributed by atoms with Gasteiger partial charge in [0, 0.05) is 0 Å². The monoisotopic (exact) mass is 226 g/mol. The van der Waals surface area contributed by atoms with E-state index in [4.69, 9.17) is 9.47 Å². The molecule has 1 aliphatic rings. The Balaban J connectivity index is 1.86. The molecule has 0 saturated carbocycles. The van der Waals surface area contributed by atoms with Gasteiger partial charge in [-0.3, -0.25) is 9.89 Å². The second-order valence-electron chi connectivity index (χ2n) is 3.54. The zero-order chi connectivity index (χ0) is 11.4. The van der Waals surface area contributed by atoms with Gasteiger partial charge in [-0.05, 0) is 6.92 Å². The van der Waals surface area contributed by atoms with Gasteiger partial charge in [0.1, 0.15) is 12.2 Å². The van der Waals surface area contributed by atoms with Crippen molar-refractivity contribution in [3.8, 4) is 0 Å². The zero-order valence-corrected chi connectivity index (χ0v) is 8.97. The fourth-order valence-electron chi connectivity index (χ4n) is 1.44. The van der Waals surface area contributed by atoms with Crippen molar-refractivity contribution in [3.05, 3.63) is 12.2 Å². The smallest absolute Gasteiger partial charge is 0.252 e. The highest BCUT2D eigenvalue weighted by atomic mass is 16.6. The summed E-state index contributed by atoms with van der Waals surface area (Å²) in [4.78, 5) is 15.7. The largest absolute Gasteiger partial charge is 0.376 e. The highest BCUT2D eigenvalue weighted by Gasteiger charge is 2.24. The Bertz CT molecular complexity index is 335. The summed E-state index contributed by atoms with van der Waals surface area (Å²) < 4.78 is 10.4. The zero-order valence-electron chi connectivity index (χ0n) is 8.97. The number of aromatic amines is 1. The van der Waals surface area contributed by atoms with Crippen molar-refractivity contribution in [3.63, 3.8) is 0 Å². The molecule has 0 bridgehead atoms. The minimum absolute atomic E-state index is 0.191. The first-order valence-corrected chi connectivity index (χ1v) is 5.12. The predicted molar refractivity (Wildman–Crippen MR) is 53.5 cm³/mol. The molecule has 2 unspecified atom stereocenters. The van der Waals surface area contributed by atoms with E-state index in [2.05, 4.69) is 20.5 Å². The molecule has 1 aliphatic heterocycles. The van der Waals surface area contributed by atoms with Gasteiger partial charge in [0.05, 0.1) is 25.9 Å². The Morgan fingerprint density at radius 3 is 3.19 bits per heavy atom. The van der Waals surface area contributed by atoms with Gasteiger partial charge in [0.25, 0.3) is 5.91 Å². The van der Waals surface area contributed by atoms with Crippen molar-refractivity contribution in [2.75, 3.05) is 19.8 Å². The first-order valence-electron chi connectivity index (χ1n) is 5.12. The van der Waals surface area contributed by atoms with E-state index in [0.717, 1.165) is 0 Å². The van der Waals surface area contributed by atoms with E-state index in [9.17, 15) is 4.79 Å². The Hall–Kier alpha value is -1.47. The van der Waals surface area contributed by atoms with E-state index in [0.29, 0.717) is 25.6 Å². The van der Waals surface area contributed by atoms with Gasteiger partial charge in [-0.1, -0.05) is 0 Å². The van der Waals surface area contributed by atoms with E-state index in [1.54, 1.807) is 0 Å². The van der Waals surface area contributed by atoms with Crippen molar-refractivity contribution in [2.45, 2.75) is 19.1 Å². The molecular formula is C9H14N4O3. The molecule has 2 heterocycles. The number of aromatic nitrogens is 3. The van der Waals surface area contributed by atoms with Crippen molar-refractivity contribution in [2.24, 2.45) is 0 Å². The first kappa shape index (κ1) is 11.0. The molecule has 0 spiro atoms. The van der Waals surface area contributed by atoms with Crippen LogP contribution in [0.5, 0.6) is 0 Å². The van der Waals surface area contributed by atoms with Gasteiger partial charge in [0.15, 0.2) is 6.10 Å². The lowest BCUT2D eigenvalue weighted by Gasteiger charge is -2.23. The maximum atomic E-state index is 11.7. The summed E-state index contributed by atoms with van der Waals surface area (Å²) in [6, 6.07) is -0.222. The van der Waals surface area contributed by atoms with Crippen LogP contribution < -0.4 is 5.32 Å². The number of ether oxygens (including phenoxy) is 2. The second kappa shape index (κ2) is 5.04. The van der Waals surface area contributed by atoms with Gasteiger partial charge < -0.3 is 14.8 Å². The van der Waals surface area contributed by atoms with Crippen molar-refractivity contribution < 1.29 is 14.3 Å². The van der Waals surface area contributed by atoms with E-state index >= 15 is 0 Å². The van der Waals surface area contributed by atoms with Crippen molar-refractivity contribution >= 4 is 5.91 Å². The molecule has 7 nitrogen and oxygen atoms in total. The number of nitrogens with zero attached hydrogens (tertiary/aromatic N) is 2. The van der Waals surface area contributed by atoms with E-state index < -0.39 is 6.10 Å². The quantitative estimate of drug-likeness (QED) is 0.718. The number of H-pyrrole nitrogens is 1. The van der Waals surface area contributed by atoms with Crippen LogP contribution >= 0.6 is 0 Å². The molecule has 1 amide bonds. The van der Waals surface area contributed by atoms with Crippen molar-refractivity contribution in [1.29, 1.82) is 0 Å². The number of rotatable bonds is 3. The molecule has 1 fully saturated rings. The molecule has 0 aromatic carbocycles. The van der Waals surface area contributed by atoms with Gasteiger partial charge in [-0.25, -0.2) is 4.98 Å². The van der Waals surface area contributed by atoms with Crippen LogP contribution in [0.4, 0.5) is 0 Å². The summed E-state index contributed by atoms with van der Waals surface area (Å²) in [6.45, 7) is 3.12. The van der Waals surface area contributed by atoms with Crippen LogP contribution in [0.3, 0.4) is 0 Å². The Kier molecular flexibility index (Phi) is 3.47. The van der Waals surface area contributed by atoms with Crippen LogP contribution in [0.15, 0.2) is 6.33 Å². The molecule has 0 aliphatic carbocycles. The number of nitrogens with one attached hydrogen (secondary N) is 2. The van der Waals surface area contributed by atoms with Crippen LogP contribution in [-0.2, 0) is 14.3 Å².